The van der Waals surface area contributed by atoms with Crippen LogP contribution >= 0.6 is 0 Å². The molecule has 0 saturated heterocycles. The van der Waals surface area contributed by atoms with Gasteiger partial charge in [0.15, 0.2) is 0 Å². The molecule has 0 radical (unpaired) electrons. The fraction of sp³-hybridized carbons (Fsp3) is 0.333. The van der Waals surface area contributed by atoms with Crippen molar-refractivity contribution in [3.8, 4) is 17.3 Å². The number of benzene rings is 1. The molecular formula is C21H21N7O2. The number of hydrogen-bond donors (Lipinski definition) is 1. The van der Waals surface area contributed by atoms with Gasteiger partial charge in [0.1, 0.15) is 0 Å². The van der Waals surface area contributed by atoms with Crippen LogP contribution in [0.1, 0.15) is 38.1 Å². The topological polar surface area (TPSA) is 123 Å². The molecule has 1 saturated carbocycles. The van der Waals surface area contributed by atoms with E-state index in [-0.39, 0.29) is 11.7 Å². The minimum absolute atomic E-state index is 0.00659. The first-order valence-corrected chi connectivity index (χ1v) is 9.90. The van der Waals surface area contributed by atoms with Crippen LogP contribution in [0.4, 0.5) is 17.3 Å². The van der Waals surface area contributed by atoms with Crippen LogP contribution in [-0.2, 0) is 0 Å². The van der Waals surface area contributed by atoms with Gasteiger partial charge in [-0.2, -0.15) is 10.4 Å². The summed E-state index contributed by atoms with van der Waals surface area (Å²) in [5.41, 5.74) is 2.05. The van der Waals surface area contributed by atoms with Gasteiger partial charge in [-0.1, -0.05) is 18.9 Å². The van der Waals surface area contributed by atoms with E-state index in [4.69, 9.17) is 0 Å². The van der Waals surface area contributed by atoms with Gasteiger partial charge in [0.05, 0.1) is 35.3 Å². The maximum atomic E-state index is 11.0. The van der Waals surface area contributed by atoms with Crippen molar-refractivity contribution in [1.82, 2.24) is 19.7 Å². The molecule has 1 aliphatic rings. The predicted molar refractivity (Wildman–Crippen MR) is 111 cm³/mol. The molecule has 1 fully saturated rings. The predicted octanol–water partition coefficient (Wildman–Crippen LogP) is 4.64. The van der Waals surface area contributed by atoms with Crippen LogP contribution in [0.2, 0.25) is 0 Å². The van der Waals surface area contributed by atoms with Gasteiger partial charge in [0.2, 0.25) is 5.95 Å². The molecule has 0 aliphatic heterocycles. The molecule has 3 aromatic rings. The maximum absolute atomic E-state index is 11.0. The van der Waals surface area contributed by atoms with Crippen molar-refractivity contribution < 1.29 is 4.92 Å². The van der Waals surface area contributed by atoms with Gasteiger partial charge in [0.25, 0.3) is 5.69 Å². The summed E-state index contributed by atoms with van der Waals surface area (Å²) in [6.07, 6.45) is 10.4. The van der Waals surface area contributed by atoms with E-state index >= 15 is 0 Å². The standard InChI is InChI=1S/C21H21N7O2/c22-10-8-20(15-4-1-2-5-15)27-14-16(13-24-27)19-9-11-23-21(26-19)25-17-6-3-7-18(12-17)28(29)30/h3,6-7,9,11-15,20H,1-2,4-5,8H2,(H,23,25,26). The largest absolute Gasteiger partial charge is 0.324 e. The fourth-order valence-electron chi connectivity index (χ4n) is 3.97. The Bertz CT molecular complexity index is 1080. The van der Waals surface area contributed by atoms with Crippen LogP contribution in [0, 0.1) is 27.4 Å². The molecule has 9 nitrogen and oxygen atoms in total. The normalized spacial score (nSPS) is 14.9. The second-order valence-electron chi connectivity index (χ2n) is 7.38. The van der Waals surface area contributed by atoms with Gasteiger partial charge < -0.3 is 5.32 Å². The highest BCUT2D eigenvalue weighted by Gasteiger charge is 2.27. The van der Waals surface area contributed by atoms with Gasteiger partial charge in [-0.05, 0) is 30.9 Å². The molecule has 1 aliphatic carbocycles. The first-order chi connectivity index (χ1) is 14.6. The zero-order valence-electron chi connectivity index (χ0n) is 16.3. The number of nitro benzene ring substituents is 1. The maximum Gasteiger partial charge on any atom is 0.271 e. The summed E-state index contributed by atoms with van der Waals surface area (Å²) in [5, 5.41) is 27.7. The monoisotopic (exact) mass is 403 g/mol. The molecule has 0 spiro atoms. The molecule has 1 atom stereocenters. The zero-order valence-corrected chi connectivity index (χ0v) is 16.3. The zero-order chi connectivity index (χ0) is 20.9. The van der Waals surface area contributed by atoms with Crippen molar-refractivity contribution in [1.29, 1.82) is 5.26 Å². The minimum atomic E-state index is -0.446. The molecule has 1 aromatic carbocycles. The summed E-state index contributed by atoms with van der Waals surface area (Å²) in [4.78, 5) is 19.2. The Balaban J connectivity index is 1.55. The number of nitriles is 1. The van der Waals surface area contributed by atoms with E-state index in [9.17, 15) is 15.4 Å². The third-order valence-corrected chi connectivity index (χ3v) is 5.45. The average molecular weight is 403 g/mol. The molecule has 2 aromatic heterocycles. The molecule has 1 N–H and O–H groups in total. The van der Waals surface area contributed by atoms with Crippen LogP contribution in [0.15, 0.2) is 48.9 Å². The highest BCUT2D eigenvalue weighted by molar-refractivity contribution is 5.62. The first-order valence-electron chi connectivity index (χ1n) is 9.90. The summed E-state index contributed by atoms with van der Waals surface area (Å²) in [5.74, 6) is 0.819. The Morgan fingerprint density at radius 3 is 2.93 bits per heavy atom. The van der Waals surface area contributed by atoms with E-state index in [1.165, 1.54) is 25.0 Å². The summed E-state index contributed by atoms with van der Waals surface area (Å²) in [6.45, 7) is 0. The molecule has 0 amide bonds. The van der Waals surface area contributed by atoms with Crippen molar-refractivity contribution in [3.05, 3.63) is 59.0 Å². The van der Waals surface area contributed by atoms with E-state index in [0.29, 0.717) is 29.7 Å². The third-order valence-electron chi connectivity index (χ3n) is 5.45. The second-order valence-corrected chi connectivity index (χ2v) is 7.38. The number of nitro groups is 1. The Kier molecular flexibility index (Phi) is 5.66. The highest BCUT2D eigenvalue weighted by Crippen LogP contribution is 2.36. The van der Waals surface area contributed by atoms with Gasteiger partial charge in [0, 0.05) is 35.8 Å². The lowest BCUT2D eigenvalue weighted by Crippen LogP contribution is -2.17. The lowest BCUT2D eigenvalue weighted by molar-refractivity contribution is -0.384. The van der Waals surface area contributed by atoms with Crippen LogP contribution < -0.4 is 5.32 Å². The first kappa shape index (κ1) is 19.5. The minimum Gasteiger partial charge on any atom is -0.324 e. The molecule has 30 heavy (non-hydrogen) atoms. The SMILES string of the molecule is N#CCC(C1CCCC1)n1cc(-c2ccnc(Nc3cccc([N+](=O)[O-])c3)n2)cn1. The number of aromatic nitrogens is 4. The summed E-state index contributed by atoms with van der Waals surface area (Å²) < 4.78 is 1.89. The number of non-ortho nitro benzene ring substituents is 1. The molecule has 4 rings (SSSR count). The molecule has 2 heterocycles. The third kappa shape index (κ3) is 4.27. The van der Waals surface area contributed by atoms with E-state index in [2.05, 4.69) is 26.5 Å². The molecule has 152 valence electrons. The van der Waals surface area contributed by atoms with Crippen LogP contribution in [0.25, 0.3) is 11.3 Å². The number of nitrogens with one attached hydrogen (secondary N) is 1. The summed E-state index contributed by atoms with van der Waals surface area (Å²) in [7, 11) is 0. The van der Waals surface area contributed by atoms with Gasteiger partial charge in [-0.15, -0.1) is 0 Å². The van der Waals surface area contributed by atoms with Crippen LogP contribution in [-0.4, -0.2) is 24.7 Å². The van der Waals surface area contributed by atoms with E-state index in [0.717, 1.165) is 18.4 Å². The van der Waals surface area contributed by atoms with Crippen LogP contribution in [0.5, 0.6) is 0 Å². The van der Waals surface area contributed by atoms with Crippen molar-refractivity contribution >= 4 is 17.3 Å². The Labute approximate surface area is 173 Å². The smallest absolute Gasteiger partial charge is 0.271 e. The van der Waals surface area contributed by atoms with Gasteiger partial charge >= 0.3 is 0 Å². The summed E-state index contributed by atoms with van der Waals surface area (Å²) >= 11 is 0. The molecule has 1 unspecified atom stereocenters. The molecular weight excluding hydrogens is 382 g/mol. The molecule has 0 bridgehead atoms. The lowest BCUT2D eigenvalue weighted by atomic mass is 9.96. The lowest BCUT2D eigenvalue weighted by Gasteiger charge is -2.21. The summed E-state index contributed by atoms with van der Waals surface area (Å²) in [6, 6.07) is 10.3. The Morgan fingerprint density at radius 1 is 1.33 bits per heavy atom. The van der Waals surface area contributed by atoms with Crippen molar-refractivity contribution in [2.75, 3.05) is 5.32 Å². The van der Waals surface area contributed by atoms with Crippen molar-refractivity contribution in [2.24, 2.45) is 5.92 Å². The Morgan fingerprint density at radius 2 is 2.17 bits per heavy atom. The van der Waals surface area contributed by atoms with Crippen molar-refractivity contribution in [3.63, 3.8) is 0 Å². The molecule has 9 heteroatoms. The average Bonchev–Trinajstić information content (AvgIpc) is 3.45. The number of anilines is 2. The number of rotatable bonds is 7. The highest BCUT2D eigenvalue weighted by atomic mass is 16.6. The number of hydrogen-bond acceptors (Lipinski definition) is 7. The number of nitrogens with zero attached hydrogens (tertiary/aromatic N) is 6. The van der Waals surface area contributed by atoms with Crippen molar-refractivity contribution in [2.45, 2.75) is 38.1 Å². The second kappa shape index (κ2) is 8.69. The Hall–Kier alpha value is -3.80. The quantitative estimate of drug-likeness (QED) is 0.450. The van der Waals surface area contributed by atoms with Gasteiger partial charge in [-0.3, -0.25) is 14.8 Å². The fourth-order valence-corrected chi connectivity index (χ4v) is 3.97. The van der Waals surface area contributed by atoms with E-state index < -0.39 is 4.92 Å². The van der Waals surface area contributed by atoms with Gasteiger partial charge in [-0.25, -0.2) is 9.97 Å². The van der Waals surface area contributed by atoms with Crippen LogP contribution in [0.3, 0.4) is 0 Å². The van der Waals surface area contributed by atoms with E-state index in [1.807, 2.05) is 10.9 Å². The van der Waals surface area contributed by atoms with E-state index in [1.54, 1.807) is 30.6 Å².